The van der Waals surface area contributed by atoms with Crippen molar-refractivity contribution in [3.8, 4) is 11.5 Å². The molecule has 9 heteroatoms. The van der Waals surface area contributed by atoms with Crippen LogP contribution in [0.1, 0.15) is 24.1 Å². The fourth-order valence-corrected chi connectivity index (χ4v) is 3.34. The smallest absolute Gasteiger partial charge is 0.338 e. The molecule has 2 aromatic rings. The van der Waals surface area contributed by atoms with Gasteiger partial charge < -0.3 is 29.6 Å². The number of ether oxygens (including phenoxy) is 4. The lowest BCUT2D eigenvalue weighted by Gasteiger charge is -2.29. The van der Waals surface area contributed by atoms with Gasteiger partial charge in [0.2, 0.25) is 0 Å². The van der Waals surface area contributed by atoms with Crippen molar-refractivity contribution in [1.82, 2.24) is 10.6 Å². The first-order valence-corrected chi connectivity index (χ1v) is 10.3. The minimum Gasteiger partial charge on any atom is -0.497 e. The summed E-state index contributed by atoms with van der Waals surface area (Å²) in [5, 5.41) is 5.30. The zero-order valence-corrected chi connectivity index (χ0v) is 18.7. The van der Waals surface area contributed by atoms with E-state index in [1.807, 2.05) is 0 Å². The predicted octanol–water partition coefficient (Wildman–Crippen LogP) is 2.66. The summed E-state index contributed by atoms with van der Waals surface area (Å²) in [6, 6.07) is 12.6. The van der Waals surface area contributed by atoms with Crippen LogP contribution in [0.4, 0.5) is 4.79 Å². The van der Waals surface area contributed by atoms with E-state index in [2.05, 4.69) is 10.6 Å². The molecule has 0 bridgehead atoms. The molecule has 174 valence electrons. The fourth-order valence-electron chi connectivity index (χ4n) is 3.34. The van der Waals surface area contributed by atoms with E-state index in [0.29, 0.717) is 17.1 Å². The predicted molar refractivity (Wildman–Crippen MR) is 119 cm³/mol. The monoisotopic (exact) mass is 454 g/mol. The second kappa shape index (κ2) is 11.0. The SMILES string of the molecule is CCOC(=O)C1=C(COC(=O)Cc2ccc(OC)cc2)NC(=O)NC1c1ccc(OC)cc1. The largest absolute Gasteiger partial charge is 0.497 e. The molecule has 1 aliphatic rings. The molecule has 2 aromatic carbocycles. The van der Waals surface area contributed by atoms with Gasteiger partial charge in [-0.3, -0.25) is 4.79 Å². The molecule has 0 fully saturated rings. The van der Waals surface area contributed by atoms with Crippen molar-refractivity contribution < 1.29 is 33.3 Å². The van der Waals surface area contributed by atoms with Gasteiger partial charge in [0.05, 0.1) is 44.6 Å². The van der Waals surface area contributed by atoms with Gasteiger partial charge >= 0.3 is 18.0 Å². The maximum absolute atomic E-state index is 12.8. The van der Waals surface area contributed by atoms with Crippen molar-refractivity contribution in [3.05, 3.63) is 70.9 Å². The maximum atomic E-state index is 12.8. The van der Waals surface area contributed by atoms with E-state index < -0.39 is 24.0 Å². The van der Waals surface area contributed by atoms with Crippen LogP contribution in [0.5, 0.6) is 11.5 Å². The summed E-state index contributed by atoms with van der Waals surface area (Å²) in [4.78, 5) is 37.5. The van der Waals surface area contributed by atoms with Crippen LogP contribution in [0, 0.1) is 0 Å². The molecule has 2 N–H and O–H groups in total. The molecule has 1 atom stereocenters. The lowest BCUT2D eigenvalue weighted by molar-refractivity contribution is -0.143. The quantitative estimate of drug-likeness (QED) is 0.560. The van der Waals surface area contributed by atoms with E-state index in [1.165, 1.54) is 0 Å². The van der Waals surface area contributed by atoms with E-state index in [9.17, 15) is 14.4 Å². The van der Waals surface area contributed by atoms with Gasteiger partial charge in [0.1, 0.15) is 18.1 Å². The molecule has 33 heavy (non-hydrogen) atoms. The summed E-state index contributed by atoms with van der Waals surface area (Å²) < 4.78 is 20.8. The summed E-state index contributed by atoms with van der Waals surface area (Å²) in [7, 11) is 3.11. The van der Waals surface area contributed by atoms with Crippen LogP contribution >= 0.6 is 0 Å². The van der Waals surface area contributed by atoms with Crippen LogP contribution in [0.15, 0.2) is 59.8 Å². The molecule has 2 amide bonds. The highest BCUT2D eigenvalue weighted by molar-refractivity contribution is 5.95. The topological polar surface area (TPSA) is 112 Å². The van der Waals surface area contributed by atoms with Crippen molar-refractivity contribution in [2.45, 2.75) is 19.4 Å². The summed E-state index contributed by atoms with van der Waals surface area (Å²) in [5.74, 6) is 0.184. The number of urea groups is 1. The van der Waals surface area contributed by atoms with Gasteiger partial charge in [0.25, 0.3) is 0 Å². The van der Waals surface area contributed by atoms with Gasteiger partial charge in [0.15, 0.2) is 0 Å². The van der Waals surface area contributed by atoms with E-state index in [1.54, 1.807) is 69.7 Å². The van der Waals surface area contributed by atoms with Gasteiger partial charge in [-0.1, -0.05) is 24.3 Å². The Hall–Kier alpha value is -4.01. The van der Waals surface area contributed by atoms with Gasteiger partial charge in [-0.15, -0.1) is 0 Å². The van der Waals surface area contributed by atoms with Crippen molar-refractivity contribution >= 4 is 18.0 Å². The zero-order valence-electron chi connectivity index (χ0n) is 18.7. The molecular formula is C24H26N2O7. The van der Waals surface area contributed by atoms with Crippen molar-refractivity contribution in [2.75, 3.05) is 27.4 Å². The number of esters is 2. The Morgan fingerprint density at radius 3 is 2.09 bits per heavy atom. The van der Waals surface area contributed by atoms with Crippen LogP contribution < -0.4 is 20.1 Å². The van der Waals surface area contributed by atoms with Gasteiger partial charge in [-0.2, -0.15) is 0 Å². The van der Waals surface area contributed by atoms with Crippen molar-refractivity contribution in [3.63, 3.8) is 0 Å². The average Bonchev–Trinajstić information content (AvgIpc) is 2.83. The Morgan fingerprint density at radius 1 is 0.909 bits per heavy atom. The van der Waals surface area contributed by atoms with Crippen LogP contribution in [0.25, 0.3) is 0 Å². The molecule has 1 heterocycles. The normalized spacial score (nSPS) is 15.2. The van der Waals surface area contributed by atoms with Gasteiger partial charge in [-0.05, 0) is 42.3 Å². The number of amides is 2. The Labute approximate surface area is 191 Å². The minimum atomic E-state index is -0.779. The zero-order chi connectivity index (χ0) is 23.8. The highest BCUT2D eigenvalue weighted by Gasteiger charge is 2.34. The lowest BCUT2D eigenvalue weighted by Crippen LogP contribution is -2.47. The molecule has 0 radical (unpaired) electrons. The number of hydrogen-bond acceptors (Lipinski definition) is 7. The number of carbonyl (C=O) groups excluding carboxylic acids is 3. The summed E-state index contributed by atoms with van der Waals surface area (Å²) >= 11 is 0. The Kier molecular flexibility index (Phi) is 7.91. The molecule has 0 aliphatic carbocycles. The van der Waals surface area contributed by atoms with E-state index >= 15 is 0 Å². The molecule has 0 aromatic heterocycles. The second-order valence-electron chi connectivity index (χ2n) is 7.10. The van der Waals surface area contributed by atoms with Crippen LogP contribution in [-0.4, -0.2) is 45.4 Å². The first kappa shape index (κ1) is 23.6. The highest BCUT2D eigenvalue weighted by atomic mass is 16.5. The van der Waals surface area contributed by atoms with E-state index in [-0.39, 0.29) is 30.9 Å². The molecule has 3 rings (SSSR count). The third kappa shape index (κ3) is 6.03. The fraction of sp³-hybridized carbons (Fsp3) is 0.292. The minimum absolute atomic E-state index is 0.0279. The average molecular weight is 454 g/mol. The molecule has 0 spiro atoms. The number of carbonyl (C=O) groups is 3. The van der Waals surface area contributed by atoms with Gasteiger partial charge in [0, 0.05) is 0 Å². The molecule has 1 aliphatic heterocycles. The van der Waals surface area contributed by atoms with E-state index in [0.717, 1.165) is 5.56 Å². The van der Waals surface area contributed by atoms with Crippen LogP contribution in [0.3, 0.4) is 0 Å². The maximum Gasteiger partial charge on any atom is 0.338 e. The van der Waals surface area contributed by atoms with Crippen molar-refractivity contribution in [2.24, 2.45) is 0 Å². The van der Waals surface area contributed by atoms with Gasteiger partial charge in [-0.25, -0.2) is 9.59 Å². The lowest BCUT2D eigenvalue weighted by atomic mass is 9.95. The Morgan fingerprint density at radius 2 is 1.52 bits per heavy atom. The number of rotatable bonds is 9. The standard InChI is InChI=1S/C24H26N2O7/c1-4-32-23(28)21-19(14-33-20(27)13-15-5-9-17(30-2)10-6-15)25-24(29)26-22(21)16-7-11-18(31-3)12-8-16/h5-12,22H,4,13-14H2,1-3H3,(H2,25,26,29). The molecule has 0 saturated carbocycles. The Bertz CT molecular complexity index is 1030. The first-order chi connectivity index (χ1) is 15.9. The molecular weight excluding hydrogens is 428 g/mol. The number of methoxy groups -OCH3 is 2. The number of hydrogen-bond donors (Lipinski definition) is 2. The third-order valence-corrected chi connectivity index (χ3v) is 4.98. The molecule has 0 saturated heterocycles. The Balaban J connectivity index is 1.81. The molecule has 1 unspecified atom stereocenters. The number of nitrogens with one attached hydrogen (secondary N) is 2. The summed E-state index contributed by atoms with van der Waals surface area (Å²) in [6.07, 6.45) is 0.0279. The highest BCUT2D eigenvalue weighted by Crippen LogP contribution is 2.29. The van der Waals surface area contributed by atoms with Crippen molar-refractivity contribution in [1.29, 1.82) is 0 Å². The third-order valence-electron chi connectivity index (χ3n) is 4.98. The van der Waals surface area contributed by atoms with Crippen LogP contribution in [-0.2, 0) is 25.5 Å². The number of benzene rings is 2. The van der Waals surface area contributed by atoms with Crippen LogP contribution in [0.2, 0.25) is 0 Å². The first-order valence-electron chi connectivity index (χ1n) is 10.3. The molecule has 9 nitrogen and oxygen atoms in total. The van der Waals surface area contributed by atoms with E-state index in [4.69, 9.17) is 18.9 Å². The summed E-state index contributed by atoms with van der Waals surface area (Å²) in [5.41, 5.74) is 1.72. The summed E-state index contributed by atoms with van der Waals surface area (Å²) in [6.45, 7) is 1.55. The second-order valence-corrected chi connectivity index (χ2v) is 7.10.